The molecule has 0 aliphatic carbocycles. The third kappa shape index (κ3) is 5.63. The fraction of sp³-hybridized carbons (Fsp3) is 0.261. The Hall–Kier alpha value is -3.81. The summed E-state index contributed by atoms with van der Waals surface area (Å²) < 4.78 is 1.35. The molecule has 4 N–H and O–H groups in total. The Balaban J connectivity index is 1.97. The van der Waals surface area contributed by atoms with Crippen LogP contribution < -0.4 is 27.2 Å². The smallest absolute Gasteiger partial charge is 0.330 e. The second-order valence-corrected chi connectivity index (χ2v) is 7.25. The minimum Gasteiger partial charge on any atom is -0.383 e. The van der Waals surface area contributed by atoms with Crippen molar-refractivity contribution in [2.75, 3.05) is 22.5 Å². The Bertz CT molecular complexity index is 1120. The Kier molecular flexibility index (Phi) is 7.26. The van der Waals surface area contributed by atoms with Gasteiger partial charge in [-0.2, -0.15) is 0 Å². The highest BCUT2D eigenvalue weighted by atomic mass is 16.2. The van der Waals surface area contributed by atoms with E-state index in [1.54, 1.807) is 17.0 Å². The molecule has 0 saturated heterocycles. The van der Waals surface area contributed by atoms with Crippen LogP contribution in [0.2, 0.25) is 0 Å². The number of para-hydroxylation sites is 1. The van der Waals surface area contributed by atoms with E-state index in [0.717, 1.165) is 18.4 Å². The lowest BCUT2D eigenvalue weighted by atomic mass is 10.2. The van der Waals surface area contributed by atoms with E-state index in [0.29, 0.717) is 12.2 Å². The van der Waals surface area contributed by atoms with E-state index in [4.69, 9.17) is 5.73 Å². The molecular formula is C23H27N5O3. The van der Waals surface area contributed by atoms with Crippen molar-refractivity contribution >= 4 is 23.1 Å². The molecule has 0 unspecified atom stereocenters. The van der Waals surface area contributed by atoms with Crippen LogP contribution in [0.25, 0.3) is 0 Å². The largest absolute Gasteiger partial charge is 0.383 e. The predicted octanol–water partition coefficient (Wildman–Crippen LogP) is 2.56. The summed E-state index contributed by atoms with van der Waals surface area (Å²) in [6.07, 6.45) is 1.61. The molecule has 0 aliphatic heterocycles. The van der Waals surface area contributed by atoms with Crippen LogP contribution >= 0.6 is 0 Å². The molecule has 0 atom stereocenters. The molecule has 0 spiro atoms. The Morgan fingerprint density at radius 2 is 1.71 bits per heavy atom. The second kappa shape index (κ2) is 10.3. The average Bonchev–Trinajstić information content (AvgIpc) is 2.74. The number of hydrogen-bond acceptors (Lipinski definition) is 5. The Morgan fingerprint density at radius 1 is 1.06 bits per heavy atom. The van der Waals surface area contributed by atoms with Gasteiger partial charge in [0.25, 0.3) is 5.56 Å². The number of nitrogens with zero attached hydrogens (tertiary/aromatic N) is 2. The van der Waals surface area contributed by atoms with E-state index >= 15 is 0 Å². The van der Waals surface area contributed by atoms with Crippen molar-refractivity contribution in [3.05, 3.63) is 87.1 Å². The van der Waals surface area contributed by atoms with Crippen LogP contribution in [0.3, 0.4) is 0 Å². The number of amides is 1. The second-order valence-electron chi connectivity index (χ2n) is 7.25. The molecular weight excluding hydrogens is 394 g/mol. The van der Waals surface area contributed by atoms with Crippen molar-refractivity contribution in [3.8, 4) is 0 Å². The van der Waals surface area contributed by atoms with Crippen molar-refractivity contribution in [3.63, 3.8) is 0 Å². The Morgan fingerprint density at radius 3 is 2.35 bits per heavy atom. The highest BCUT2D eigenvalue weighted by Crippen LogP contribution is 2.20. The molecule has 2 aromatic carbocycles. The molecule has 31 heavy (non-hydrogen) atoms. The molecule has 0 bridgehead atoms. The summed E-state index contributed by atoms with van der Waals surface area (Å²) in [7, 11) is 0. The van der Waals surface area contributed by atoms with Gasteiger partial charge < -0.3 is 16.0 Å². The van der Waals surface area contributed by atoms with E-state index in [9.17, 15) is 14.4 Å². The number of benzene rings is 2. The van der Waals surface area contributed by atoms with Gasteiger partial charge in [0, 0.05) is 18.8 Å². The number of aromatic nitrogens is 2. The maximum atomic E-state index is 12.8. The number of H-pyrrole nitrogens is 1. The van der Waals surface area contributed by atoms with E-state index in [1.165, 1.54) is 4.57 Å². The zero-order valence-corrected chi connectivity index (χ0v) is 17.5. The van der Waals surface area contributed by atoms with Gasteiger partial charge in [0.2, 0.25) is 5.91 Å². The zero-order valence-electron chi connectivity index (χ0n) is 17.5. The van der Waals surface area contributed by atoms with Crippen LogP contribution in [0.15, 0.2) is 70.3 Å². The number of carbonyl (C=O) groups is 1. The molecule has 1 aromatic heterocycles. The highest BCUT2D eigenvalue weighted by Gasteiger charge is 2.21. The summed E-state index contributed by atoms with van der Waals surface area (Å²) in [5.41, 5.74) is 6.79. The van der Waals surface area contributed by atoms with Gasteiger partial charge in [-0.25, -0.2) is 4.79 Å². The third-order valence-corrected chi connectivity index (χ3v) is 4.87. The number of rotatable bonds is 9. The third-order valence-electron chi connectivity index (χ3n) is 4.87. The van der Waals surface area contributed by atoms with E-state index in [2.05, 4.69) is 10.3 Å². The van der Waals surface area contributed by atoms with Crippen LogP contribution in [0.4, 0.5) is 17.2 Å². The predicted molar refractivity (Wildman–Crippen MR) is 123 cm³/mol. The average molecular weight is 422 g/mol. The molecule has 1 amide bonds. The number of nitrogen functional groups attached to an aromatic ring is 1. The van der Waals surface area contributed by atoms with Crippen LogP contribution in [0, 0.1) is 0 Å². The number of nitrogens with one attached hydrogen (secondary N) is 2. The summed E-state index contributed by atoms with van der Waals surface area (Å²) in [4.78, 5) is 41.7. The van der Waals surface area contributed by atoms with Crippen LogP contribution in [-0.4, -0.2) is 22.0 Å². The standard InChI is InChI=1S/C23H27N5O3/c1-2-3-14-28-21(24)20(22(30)26-23(28)31)27(15-17-10-6-4-7-11-17)16-19(29)25-18-12-8-5-9-13-18/h4-13H,2-3,14-16,24H2,1H3,(H,25,29)(H,26,30,31). The minimum absolute atomic E-state index is 0.0608. The van der Waals surface area contributed by atoms with Gasteiger partial charge >= 0.3 is 5.69 Å². The van der Waals surface area contributed by atoms with Crippen LogP contribution in [0.5, 0.6) is 0 Å². The highest BCUT2D eigenvalue weighted by molar-refractivity contribution is 5.94. The van der Waals surface area contributed by atoms with E-state index in [1.807, 2.05) is 55.5 Å². The van der Waals surface area contributed by atoms with Crippen molar-refractivity contribution in [1.82, 2.24) is 9.55 Å². The van der Waals surface area contributed by atoms with Gasteiger partial charge in [-0.1, -0.05) is 61.9 Å². The van der Waals surface area contributed by atoms with E-state index < -0.39 is 11.2 Å². The number of aromatic amines is 1. The van der Waals surface area contributed by atoms with Crippen LogP contribution in [0.1, 0.15) is 25.3 Å². The van der Waals surface area contributed by atoms with Gasteiger partial charge in [0.1, 0.15) is 11.5 Å². The molecule has 0 fully saturated rings. The molecule has 1 heterocycles. The lowest BCUT2D eigenvalue weighted by Gasteiger charge is -2.26. The summed E-state index contributed by atoms with van der Waals surface area (Å²) in [5.74, 6) is -0.238. The monoisotopic (exact) mass is 421 g/mol. The van der Waals surface area contributed by atoms with Crippen molar-refractivity contribution in [2.45, 2.75) is 32.9 Å². The molecule has 0 saturated carbocycles. The van der Waals surface area contributed by atoms with Gasteiger partial charge in [-0.05, 0) is 24.1 Å². The molecule has 162 valence electrons. The first kappa shape index (κ1) is 21.9. The number of nitrogens with two attached hydrogens (primary N) is 1. The molecule has 8 nitrogen and oxygen atoms in total. The molecule has 3 aromatic rings. The summed E-state index contributed by atoms with van der Waals surface area (Å²) in [6.45, 7) is 2.56. The van der Waals surface area contributed by atoms with Crippen molar-refractivity contribution < 1.29 is 4.79 Å². The van der Waals surface area contributed by atoms with Crippen LogP contribution in [-0.2, 0) is 17.9 Å². The maximum Gasteiger partial charge on any atom is 0.330 e. The summed E-state index contributed by atoms with van der Waals surface area (Å²) in [6, 6.07) is 18.5. The van der Waals surface area contributed by atoms with Gasteiger partial charge in [0.05, 0.1) is 6.54 Å². The Labute approximate surface area is 180 Å². The molecule has 0 aliphatic rings. The maximum absolute atomic E-state index is 12.8. The van der Waals surface area contributed by atoms with Crippen molar-refractivity contribution in [1.29, 1.82) is 0 Å². The minimum atomic E-state index is -0.612. The van der Waals surface area contributed by atoms with Gasteiger partial charge in [-0.15, -0.1) is 0 Å². The molecule has 8 heteroatoms. The fourth-order valence-corrected chi connectivity index (χ4v) is 3.33. The lowest BCUT2D eigenvalue weighted by molar-refractivity contribution is -0.115. The van der Waals surface area contributed by atoms with Crippen molar-refractivity contribution in [2.24, 2.45) is 0 Å². The van der Waals surface area contributed by atoms with Gasteiger partial charge in [-0.3, -0.25) is 19.1 Å². The lowest BCUT2D eigenvalue weighted by Crippen LogP contribution is -2.41. The zero-order chi connectivity index (χ0) is 22.2. The summed E-state index contributed by atoms with van der Waals surface area (Å²) >= 11 is 0. The quantitative estimate of drug-likeness (QED) is 0.491. The topological polar surface area (TPSA) is 113 Å². The molecule has 0 radical (unpaired) electrons. The number of hydrogen-bond donors (Lipinski definition) is 3. The first-order valence-electron chi connectivity index (χ1n) is 10.3. The normalized spacial score (nSPS) is 10.6. The SMILES string of the molecule is CCCCn1c(N)c(N(CC(=O)Nc2ccccc2)Cc2ccccc2)c(=O)[nH]c1=O. The number of unbranched alkanes of at least 4 members (excludes halogenated alkanes) is 1. The van der Waals surface area contributed by atoms with E-state index in [-0.39, 0.29) is 30.5 Å². The first-order valence-corrected chi connectivity index (χ1v) is 10.3. The number of carbonyl (C=O) groups excluding carboxylic acids is 1. The van der Waals surface area contributed by atoms with Gasteiger partial charge in [0.15, 0.2) is 0 Å². The number of anilines is 3. The summed E-state index contributed by atoms with van der Waals surface area (Å²) in [5, 5.41) is 2.82. The fourth-order valence-electron chi connectivity index (χ4n) is 3.33. The molecule has 3 rings (SSSR count). The first-order chi connectivity index (χ1) is 15.0.